The molecule has 0 spiro atoms. The van der Waals surface area contributed by atoms with Crippen LogP contribution in [0.3, 0.4) is 0 Å². The molecule has 0 saturated carbocycles. The summed E-state index contributed by atoms with van der Waals surface area (Å²) in [7, 11) is 0. The van der Waals surface area contributed by atoms with Gasteiger partial charge in [0.15, 0.2) is 0 Å². The van der Waals surface area contributed by atoms with Crippen molar-refractivity contribution in [1.29, 1.82) is 0 Å². The largest absolute Gasteiger partial charge is 0.383 e. The van der Waals surface area contributed by atoms with E-state index in [-0.39, 0.29) is 0 Å². The summed E-state index contributed by atoms with van der Waals surface area (Å²) >= 11 is 0. The molecule has 0 fully saturated rings. The van der Waals surface area contributed by atoms with Crippen LogP contribution in [0, 0.1) is 6.92 Å². The average molecular weight is 249 g/mol. The molecule has 3 heteroatoms. The molecule has 1 heterocycles. The van der Waals surface area contributed by atoms with Gasteiger partial charge in [0.2, 0.25) is 0 Å². The summed E-state index contributed by atoms with van der Waals surface area (Å²) < 4.78 is 0. The van der Waals surface area contributed by atoms with Crippen molar-refractivity contribution >= 4 is 22.4 Å². The minimum Gasteiger partial charge on any atom is -0.383 e. The molecule has 0 atom stereocenters. The van der Waals surface area contributed by atoms with Crippen LogP contribution in [-0.2, 0) is 0 Å². The zero-order valence-electron chi connectivity index (χ0n) is 10.7. The Balaban J connectivity index is 1.97. The summed E-state index contributed by atoms with van der Waals surface area (Å²) in [6.45, 7) is 2.05. The Kier molecular flexibility index (Phi) is 2.80. The van der Waals surface area contributed by atoms with Gasteiger partial charge in [-0.25, -0.2) is 4.99 Å². The van der Waals surface area contributed by atoms with Gasteiger partial charge in [-0.3, -0.25) is 0 Å². The van der Waals surface area contributed by atoms with Crippen LogP contribution < -0.4 is 5.73 Å². The third kappa shape index (κ3) is 2.36. The zero-order chi connectivity index (χ0) is 13.2. The maximum Gasteiger partial charge on any atom is 0.131 e. The highest BCUT2D eigenvalue weighted by Gasteiger charge is 2.01. The number of H-pyrrole nitrogens is 1. The number of aliphatic imine (C=N–C) groups is 1. The molecule has 0 saturated heterocycles. The first-order valence-corrected chi connectivity index (χ1v) is 6.21. The zero-order valence-corrected chi connectivity index (χ0v) is 10.7. The molecule has 0 radical (unpaired) electrons. The number of nitrogens with zero attached hydrogens (tertiary/aromatic N) is 1. The van der Waals surface area contributed by atoms with Crippen molar-refractivity contribution in [2.24, 2.45) is 10.7 Å². The topological polar surface area (TPSA) is 54.2 Å². The van der Waals surface area contributed by atoms with Crippen LogP contribution in [0.4, 0.5) is 5.69 Å². The van der Waals surface area contributed by atoms with Gasteiger partial charge < -0.3 is 10.7 Å². The molecule has 0 unspecified atom stereocenters. The van der Waals surface area contributed by atoms with E-state index < -0.39 is 0 Å². The average Bonchev–Trinajstić information content (AvgIpc) is 2.88. The highest BCUT2D eigenvalue weighted by atomic mass is 14.9. The van der Waals surface area contributed by atoms with E-state index in [2.05, 4.69) is 16.9 Å². The first-order chi connectivity index (χ1) is 9.22. The predicted molar refractivity (Wildman–Crippen MR) is 79.9 cm³/mol. The van der Waals surface area contributed by atoms with Crippen molar-refractivity contribution < 1.29 is 0 Å². The Morgan fingerprint density at radius 3 is 2.63 bits per heavy atom. The molecule has 3 N–H and O–H groups in total. The lowest BCUT2D eigenvalue weighted by atomic mass is 10.1. The first kappa shape index (κ1) is 11.5. The van der Waals surface area contributed by atoms with Crippen LogP contribution in [0.1, 0.15) is 11.1 Å². The van der Waals surface area contributed by atoms with Gasteiger partial charge in [0, 0.05) is 22.7 Å². The number of nitrogens with two attached hydrogens (primary N) is 1. The Hall–Kier alpha value is -2.55. The molecule has 3 nitrogen and oxygen atoms in total. The SMILES string of the molecule is Cc1ccc(N=C(N)c2ccc3[nH]ccc3c2)cc1. The van der Waals surface area contributed by atoms with Crippen molar-refractivity contribution in [3.63, 3.8) is 0 Å². The van der Waals surface area contributed by atoms with Crippen LogP contribution in [-0.4, -0.2) is 10.8 Å². The Morgan fingerprint density at radius 2 is 1.84 bits per heavy atom. The fraction of sp³-hybridized carbons (Fsp3) is 0.0625. The highest BCUT2D eigenvalue weighted by molar-refractivity contribution is 6.01. The highest BCUT2D eigenvalue weighted by Crippen LogP contribution is 2.17. The number of hydrogen-bond acceptors (Lipinski definition) is 1. The minimum atomic E-state index is 0.534. The van der Waals surface area contributed by atoms with Gasteiger partial charge in [-0.15, -0.1) is 0 Å². The molecule has 94 valence electrons. The number of fused-ring (bicyclic) bond motifs is 1. The molecule has 0 bridgehead atoms. The molecule has 0 aliphatic heterocycles. The Morgan fingerprint density at radius 1 is 1.05 bits per heavy atom. The normalized spacial score (nSPS) is 11.9. The molecule has 0 aliphatic rings. The third-order valence-corrected chi connectivity index (χ3v) is 3.13. The quantitative estimate of drug-likeness (QED) is 0.530. The number of aromatic amines is 1. The standard InChI is InChI=1S/C16H15N3/c1-11-2-5-14(6-3-11)19-16(17)13-4-7-15-12(10-13)8-9-18-15/h2-10,18H,1H3,(H2,17,19). The molecule has 2 aromatic carbocycles. The lowest BCUT2D eigenvalue weighted by Gasteiger charge is -2.02. The van der Waals surface area contributed by atoms with Crippen molar-refractivity contribution in [3.05, 3.63) is 65.9 Å². The van der Waals surface area contributed by atoms with E-state index in [9.17, 15) is 0 Å². The second-order valence-corrected chi connectivity index (χ2v) is 4.61. The Bertz CT molecular complexity index is 736. The maximum absolute atomic E-state index is 6.06. The number of hydrogen-bond donors (Lipinski definition) is 2. The summed E-state index contributed by atoms with van der Waals surface area (Å²) in [6, 6.07) is 16.1. The lowest BCUT2D eigenvalue weighted by Crippen LogP contribution is -2.12. The summed E-state index contributed by atoms with van der Waals surface area (Å²) in [5.74, 6) is 0.534. The van der Waals surface area contributed by atoms with E-state index in [1.165, 1.54) is 5.56 Å². The molecule has 3 rings (SSSR count). The van der Waals surface area contributed by atoms with Gasteiger partial charge in [-0.05, 0) is 43.3 Å². The van der Waals surface area contributed by atoms with Crippen LogP contribution in [0.5, 0.6) is 0 Å². The molecule has 0 amide bonds. The van der Waals surface area contributed by atoms with Crippen LogP contribution in [0.2, 0.25) is 0 Å². The number of aryl methyl sites for hydroxylation is 1. The number of aromatic nitrogens is 1. The summed E-state index contributed by atoms with van der Waals surface area (Å²) in [5.41, 5.74) is 10.2. The van der Waals surface area contributed by atoms with Crippen molar-refractivity contribution in [2.75, 3.05) is 0 Å². The first-order valence-electron chi connectivity index (χ1n) is 6.21. The second kappa shape index (κ2) is 4.61. The van der Waals surface area contributed by atoms with Gasteiger partial charge in [-0.1, -0.05) is 17.7 Å². The van der Waals surface area contributed by atoms with Gasteiger partial charge >= 0.3 is 0 Å². The summed E-state index contributed by atoms with van der Waals surface area (Å²) in [6.07, 6.45) is 1.92. The molecule has 3 aromatic rings. The van der Waals surface area contributed by atoms with Gasteiger partial charge in [0.25, 0.3) is 0 Å². The monoisotopic (exact) mass is 249 g/mol. The molecular formula is C16H15N3. The Labute approximate surface area is 111 Å². The molecule has 1 aromatic heterocycles. The predicted octanol–water partition coefficient (Wildman–Crippen LogP) is 3.51. The molecule has 0 aliphatic carbocycles. The van der Waals surface area contributed by atoms with Crippen LogP contribution in [0.25, 0.3) is 10.9 Å². The fourth-order valence-electron chi connectivity index (χ4n) is 2.04. The number of nitrogens with one attached hydrogen (secondary N) is 1. The maximum atomic E-state index is 6.06. The van der Waals surface area contributed by atoms with Crippen molar-refractivity contribution in [3.8, 4) is 0 Å². The number of rotatable bonds is 2. The van der Waals surface area contributed by atoms with E-state index in [1.54, 1.807) is 0 Å². The van der Waals surface area contributed by atoms with Crippen LogP contribution in [0.15, 0.2) is 59.7 Å². The van der Waals surface area contributed by atoms with E-state index >= 15 is 0 Å². The van der Waals surface area contributed by atoms with Gasteiger partial charge in [0.05, 0.1) is 5.69 Å². The summed E-state index contributed by atoms with van der Waals surface area (Å²) in [4.78, 5) is 7.61. The molecular weight excluding hydrogens is 234 g/mol. The van der Waals surface area contributed by atoms with Crippen LogP contribution >= 0.6 is 0 Å². The minimum absolute atomic E-state index is 0.534. The van der Waals surface area contributed by atoms with E-state index in [0.717, 1.165) is 22.2 Å². The van der Waals surface area contributed by atoms with Gasteiger partial charge in [0.1, 0.15) is 5.84 Å². The number of amidine groups is 1. The lowest BCUT2D eigenvalue weighted by molar-refractivity contribution is 1.41. The number of benzene rings is 2. The summed E-state index contributed by atoms with van der Waals surface area (Å²) in [5, 5.41) is 1.14. The van der Waals surface area contributed by atoms with E-state index in [4.69, 9.17) is 5.73 Å². The van der Waals surface area contributed by atoms with E-state index in [1.807, 2.05) is 54.7 Å². The van der Waals surface area contributed by atoms with Gasteiger partial charge in [-0.2, -0.15) is 0 Å². The van der Waals surface area contributed by atoms with Crippen molar-refractivity contribution in [2.45, 2.75) is 6.92 Å². The third-order valence-electron chi connectivity index (χ3n) is 3.13. The molecule has 19 heavy (non-hydrogen) atoms. The smallest absolute Gasteiger partial charge is 0.131 e. The fourth-order valence-corrected chi connectivity index (χ4v) is 2.04. The van der Waals surface area contributed by atoms with E-state index in [0.29, 0.717) is 5.84 Å². The second-order valence-electron chi connectivity index (χ2n) is 4.61. The van der Waals surface area contributed by atoms with Crippen molar-refractivity contribution in [1.82, 2.24) is 4.98 Å².